The van der Waals surface area contributed by atoms with Crippen molar-refractivity contribution in [1.82, 2.24) is 9.97 Å². The molecule has 2 nitrogen and oxygen atoms in total. The Balaban J connectivity index is 0.000000204. The largest absolute Gasteiger partial charge is 0.305 e. The summed E-state index contributed by atoms with van der Waals surface area (Å²) in [4.78, 5) is 9.17. The average molecular weight is 770 g/mol. The second kappa shape index (κ2) is 13.4. The zero-order valence-electron chi connectivity index (χ0n) is 28.1. The molecule has 1 radical (unpaired) electrons. The minimum atomic E-state index is 0. The van der Waals surface area contributed by atoms with E-state index in [0.717, 1.165) is 17.0 Å². The molecule has 0 aliphatic rings. The van der Waals surface area contributed by atoms with Crippen molar-refractivity contribution in [2.75, 3.05) is 0 Å². The van der Waals surface area contributed by atoms with Crippen LogP contribution in [0.4, 0.5) is 0 Å². The molecule has 45 heavy (non-hydrogen) atoms. The minimum absolute atomic E-state index is 0. The topological polar surface area (TPSA) is 25.8 Å². The molecule has 6 aromatic rings. The van der Waals surface area contributed by atoms with Crippen molar-refractivity contribution in [2.24, 2.45) is 0 Å². The Kier molecular flexibility index (Phi) is 10.2. The molecule has 0 aliphatic heterocycles. The van der Waals surface area contributed by atoms with Gasteiger partial charge in [0, 0.05) is 38.1 Å². The predicted molar refractivity (Wildman–Crippen MR) is 189 cm³/mol. The molecule has 0 spiro atoms. The van der Waals surface area contributed by atoms with Gasteiger partial charge < -0.3 is 4.98 Å². The number of fused-ring (bicyclic) bond motifs is 3. The Morgan fingerprint density at radius 1 is 0.511 bits per heavy atom. The van der Waals surface area contributed by atoms with Gasteiger partial charge in [-0.25, -0.2) is 0 Å². The summed E-state index contributed by atoms with van der Waals surface area (Å²) in [6.45, 7) is 20.0. The predicted octanol–water partition coefficient (Wildman–Crippen LogP) is 11.5. The molecule has 0 aliphatic carbocycles. The van der Waals surface area contributed by atoms with Gasteiger partial charge in [-0.15, -0.1) is 29.1 Å². The van der Waals surface area contributed by atoms with Gasteiger partial charge in [-0.2, -0.15) is 0 Å². The Morgan fingerprint density at radius 2 is 1.13 bits per heavy atom. The van der Waals surface area contributed by atoms with E-state index in [-0.39, 0.29) is 36.4 Å². The quantitative estimate of drug-likeness (QED) is 0.129. The maximum absolute atomic E-state index is 4.61. The first-order valence-corrected chi connectivity index (χ1v) is 15.6. The van der Waals surface area contributed by atoms with E-state index < -0.39 is 0 Å². The van der Waals surface area contributed by atoms with E-state index in [9.17, 15) is 0 Å². The van der Waals surface area contributed by atoms with Crippen LogP contribution in [0.2, 0.25) is 0 Å². The van der Waals surface area contributed by atoms with Crippen LogP contribution >= 0.6 is 0 Å². The fraction of sp³-hybridized carbons (Fsp3) is 0.286. The summed E-state index contributed by atoms with van der Waals surface area (Å²) in [5.41, 5.74) is 8.63. The molecule has 0 N–H and O–H groups in total. The normalized spacial score (nSPS) is 11.9. The summed E-state index contributed by atoms with van der Waals surface area (Å²) in [5, 5.41) is 5.00. The smallest absolute Gasteiger partial charge is 0.0702 e. The zero-order valence-corrected chi connectivity index (χ0v) is 30.5. The number of benzene rings is 4. The van der Waals surface area contributed by atoms with E-state index in [4.69, 9.17) is 0 Å². The average Bonchev–Trinajstić information content (AvgIpc) is 3.00. The van der Waals surface area contributed by atoms with Crippen LogP contribution in [0, 0.1) is 6.07 Å². The van der Waals surface area contributed by atoms with Crippen molar-refractivity contribution < 1.29 is 20.1 Å². The molecular formula is C42H45IrN2-. The van der Waals surface area contributed by atoms with Gasteiger partial charge in [-0.3, -0.25) is 4.98 Å². The van der Waals surface area contributed by atoms with E-state index in [1.54, 1.807) is 0 Å². The minimum Gasteiger partial charge on any atom is -0.305 e. The van der Waals surface area contributed by atoms with Gasteiger partial charge >= 0.3 is 0 Å². The molecule has 2 heterocycles. The first-order chi connectivity index (χ1) is 20.7. The van der Waals surface area contributed by atoms with Crippen LogP contribution in [0.5, 0.6) is 0 Å². The molecule has 4 aromatic carbocycles. The molecule has 0 saturated heterocycles. The van der Waals surface area contributed by atoms with E-state index >= 15 is 0 Å². The monoisotopic (exact) mass is 770 g/mol. The van der Waals surface area contributed by atoms with Crippen molar-refractivity contribution in [3.63, 3.8) is 0 Å². The van der Waals surface area contributed by atoms with E-state index in [1.807, 2.05) is 12.4 Å². The maximum atomic E-state index is 4.61. The van der Waals surface area contributed by atoms with Crippen molar-refractivity contribution in [2.45, 2.75) is 78.6 Å². The molecule has 0 fully saturated rings. The Labute approximate surface area is 283 Å². The summed E-state index contributed by atoms with van der Waals surface area (Å²) >= 11 is 0. The number of hydrogen-bond acceptors (Lipinski definition) is 2. The van der Waals surface area contributed by atoms with Gasteiger partial charge in [0.15, 0.2) is 0 Å². The molecule has 0 unspecified atom stereocenters. The van der Waals surface area contributed by atoms with Crippen molar-refractivity contribution in [1.29, 1.82) is 0 Å². The number of aromatic nitrogens is 2. The van der Waals surface area contributed by atoms with Crippen molar-refractivity contribution >= 4 is 21.5 Å². The van der Waals surface area contributed by atoms with Crippen LogP contribution in [-0.4, -0.2) is 9.97 Å². The standard InChI is InChI=1S/C23H20N.C19H25N.Ir/c1-23(2,3)19-12-13-24-22(15-19)18-10-11-21-17(14-18)9-8-16-6-4-5-7-20(16)21;1-18(2,3)15-9-7-14(8-10-15)17-12-11-16(13-20-17)19(4,5)6;/h4-9,11-15H,1-3H3;7-13H,1-6H3;/q-1;;. The third kappa shape index (κ3) is 8.15. The molecule has 3 heteroatoms. The SMILES string of the molecule is CC(C)(C)c1ccc(-c2ccc(C(C)(C)C)cn2)cc1.CC(C)(C)c1ccnc(-c2[c-]cc3c(ccc4ccccc43)c2)c1.[Ir]. The third-order valence-electron chi connectivity index (χ3n) is 8.25. The number of pyridine rings is 2. The van der Waals surface area contributed by atoms with Crippen LogP contribution in [0.25, 0.3) is 44.1 Å². The van der Waals surface area contributed by atoms with Crippen LogP contribution in [-0.2, 0) is 36.4 Å². The summed E-state index contributed by atoms with van der Waals surface area (Å²) in [6, 6.07) is 37.9. The molecule has 0 saturated carbocycles. The summed E-state index contributed by atoms with van der Waals surface area (Å²) in [5.74, 6) is 0. The number of nitrogens with zero attached hydrogens (tertiary/aromatic N) is 2. The molecule has 0 atom stereocenters. The number of rotatable bonds is 2. The van der Waals surface area contributed by atoms with Crippen LogP contribution < -0.4 is 0 Å². The summed E-state index contributed by atoms with van der Waals surface area (Å²) < 4.78 is 0. The Bertz CT molecular complexity index is 1830. The summed E-state index contributed by atoms with van der Waals surface area (Å²) in [6.07, 6.45) is 3.89. The fourth-order valence-corrected chi connectivity index (χ4v) is 5.29. The molecule has 0 amide bonds. The van der Waals surface area contributed by atoms with E-state index in [1.165, 1.54) is 43.8 Å². The third-order valence-corrected chi connectivity index (χ3v) is 8.25. The summed E-state index contributed by atoms with van der Waals surface area (Å²) in [7, 11) is 0. The van der Waals surface area contributed by atoms with Gasteiger partial charge in [0.25, 0.3) is 0 Å². The van der Waals surface area contributed by atoms with Gasteiger partial charge in [0.1, 0.15) is 0 Å². The van der Waals surface area contributed by atoms with Gasteiger partial charge in [-0.1, -0.05) is 146 Å². The zero-order chi connectivity index (χ0) is 31.7. The molecule has 6 rings (SSSR count). The van der Waals surface area contributed by atoms with Crippen LogP contribution in [0.1, 0.15) is 79.0 Å². The Hall–Kier alpha value is -3.65. The van der Waals surface area contributed by atoms with E-state index in [0.29, 0.717) is 0 Å². The van der Waals surface area contributed by atoms with Gasteiger partial charge in [0.05, 0.1) is 5.69 Å². The molecule has 0 bridgehead atoms. The molecule has 233 valence electrons. The Morgan fingerprint density at radius 3 is 1.76 bits per heavy atom. The van der Waals surface area contributed by atoms with Crippen LogP contribution in [0.15, 0.2) is 109 Å². The van der Waals surface area contributed by atoms with Crippen molar-refractivity contribution in [3.05, 3.63) is 132 Å². The molecular weight excluding hydrogens is 725 g/mol. The first kappa shape index (κ1) is 34.2. The van der Waals surface area contributed by atoms with Gasteiger partial charge in [0.2, 0.25) is 0 Å². The van der Waals surface area contributed by atoms with Crippen LogP contribution in [0.3, 0.4) is 0 Å². The second-order valence-electron chi connectivity index (χ2n) is 14.8. The maximum Gasteiger partial charge on any atom is 0.0702 e. The first-order valence-electron chi connectivity index (χ1n) is 15.6. The number of hydrogen-bond donors (Lipinski definition) is 0. The van der Waals surface area contributed by atoms with Gasteiger partial charge in [-0.05, 0) is 56.1 Å². The van der Waals surface area contributed by atoms with E-state index in [2.05, 4.69) is 175 Å². The van der Waals surface area contributed by atoms with Crippen molar-refractivity contribution in [3.8, 4) is 22.5 Å². The molecule has 2 aromatic heterocycles. The fourth-order valence-electron chi connectivity index (χ4n) is 5.29. The second-order valence-corrected chi connectivity index (χ2v) is 14.8.